The number of fused-ring (bicyclic) bond motifs is 9. The van der Waals surface area contributed by atoms with E-state index in [1.165, 1.54) is 44.5 Å². The number of nitrogens with zero attached hydrogens (tertiary/aromatic N) is 3. The van der Waals surface area contributed by atoms with Gasteiger partial charge >= 0.3 is 0 Å². The van der Waals surface area contributed by atoms with Crippen LogP contribution in [0.5, 0.6) is 0 Å². The van der Waals surface area contributed by atoms with E-state index in [4.69, 9.17) is 15.0 Å². The summed E-state index contributed by atoms with van der Waals surface area (Å²) in [5.41, 5.74) is 14.9. The Labute approximate surface area is 304 Å². The summed E-state index contributed by atoms with van der Waals surface area (Å²) >= 11 is 0. The Morgan fingerprint density at radius 3 is 1.38 bits per heavy atom. The van der Waals surface area contributed by atoms with Gasteiger partial charge in [-0.3, -0.25) is 0 Å². The van der Waals surface area contributed by atoms with E-state index < -0.39 is 5.41 Å². The topological polar surface area (TPSA) is 38.7 Å². The second-order valence-electron chi connectivity index (χ2n) is 14.4. The highest BCUT2D eigenvalue weighted by atomic mass is 15.0. The lowest BCUT2D eigenvalue weighted by atomic mass is 9.55. The molecule has 0 atom stereocenters. The fraction of sp³-hybridized carbons (Fsp3) is 0.0816. The van der Waals surface area contributed by atoms with Crippen LogP contribution >= 0.6 is 0 Å². The van der Waals surface area contributed by atoms with E-state index in [1.54, 1.807) is 0 Å². The largest absolute Gasteiger partial charge is 0.208 e. The fourth-order valence-corrected chi connectivity index (χ4v) is 8.82. The van der Waals surface area contributed by atoms with Crippen molar-refractivity contribution in [3.63, 3.8) is 0 Å². The normalized spacial score (nSPS) is 14.3. The number of hydrogen-bond donors (Lipinski definition) is 0. The molecule has 3 nitrogen and oxygen atoms in total. The zero-order valence-electron chi connectivity index (χ0n) is 29.1. The molecule has 8 aromatic rings. The molecule has 3 heteroatoms. The average Bonchev–Trinajstić information content (AvgIpc) is 3.51. The maximum Gasteiger partial charge on any atom is 0.164 e. The van der Waals surface area contributed by atoms with Gasteiger partial charge in [-0.15, -0.1) is 0 Å². The van der Waals surface area contributed by atoms with Crippen molar-refractivity contribution in [3.8, 4) is 56.4 Å². The predicted molar refractivity (Wildman–Crippen MR) is 211 cm³/mol. The van der Waals surface area contributed by atoms with E-state index in [2.05, 4.69) is 166 Å². The van der Waals surface area contributed by atoms with Crippen molar-refractivity contribution < 1.29 is 0 Å². The van der Waals surface area contributed by atoms with E-state index in [0.29, 0.717) is 17.5 Å². The minimum absolute atomic E-state index is 0.223. The molecule has 0 fully saturated rings. The van der Waals surface area contributed by atoms with Crippen molar-refractivity contribution in [2.75, 3.05) is 0 Å². The van der Waals surface area contributed by atoms with Gasteiger partial charge < -0.3 is 0 Å². The van der Waals surface area contributed by atoms with Gasteiger partial charge in [0.05, 0.1) is 5.41 Å². The van der Waals surface area contributed by atoms with Gasteiger partial charge in [-0.2, -0.15) is 0 Å². The Morgan fingerprint density at radius 1 is 0.308 bits per heavy atom. The molecule has 1 aromatic heterocycles. The van der Waals surface area contributed by atoms with Crippen LogP contribution in [0.4, 0.5) is 0 Å². The molecule has 7 aromatic carbocycles. The first kappa shape index (κ1) is 30.4. The van der Waals surface area contributed by atoms with Gasteiger partial charge in [0.25, 0.3) is 0 Å². The molecule has 0 N–H and O–H groups in total. The molecule has 0 radical (unpaired) electrons. The minimum Gasteiger partial charge on any atom is -0.208 e. The summed E-state index contributed by atoms with van der Waals surface area (Å²) < 4.78 is 0. The molecule has 0 saturated heterocycles. The highest BCUT2D eigenvalue weighted by Crippen LogP contribution is 2.62. The summed E-state index contributed by atoms with van der Waals surface area (Å²) in [6, 6.07) is 63.0. The zero-order chi connectivity index (χ0) is 34.9. The van der Waals surface area contributed by atoms with E-state index in [-0.39, 0.29) is 5.41 Å². The van der Waals surface area contributed by atoms with Crippen LogP contribution in [0.25, 0.3) is 56.4 Å². The van der Waals surface area contributed by atoms with Crippen molar-refractivity contribution in [3.05, 3.63) is 209 Å². The Hall–Kier alpha value is -6.45. The van der Waals surface area contributed by atoms with Gasteiger partial charge in [-0.1, -0.05) is 178 Å². The third-order valence-corrected chi connectivity index (χ3v) is 11.2. The van der Waals surface area contributed by atoms with Crippen molar-refractivity contribution in [1.29, 1.82) is 0 Å². The van der Waals surface area contributed by atoms with E-state index in [9.17, 15) is 0 Å². The maximum absolute atomic E-state index is 5.25. The second-order valence-corrected chi connectivity index (χ2v) is 14.4. The highest BCUT2D eigenvalue weighted by Gasteiger charge is 2.53. The monoisotopic (exact) mass is 665 g/mol. The SMILES string of the molecule is CC1(C)c2ccccc2C2(c3ccccc3-c3ccccc32)c2cc(-c3nc(-c4ccccc4)nc(-c4cccc(-c5ccccc5)c4)n3)ccc21. The van der Waals surface area contributed by atoms with Crippen LogP contribution in [-0.4, -0.2) is 15.0 Å². The van der Waals surface area contributed by atoms with Crippen molar-refractivity contribution in [1.82, 2.24) is 15.0 Å². The molecule has 246 valence electrons. The summed E-state index contributed by atoms with van der Waals surface area (Å²) in [5.74, 6) is 1.96. The predicted octanol–water partition coefficient (Wildman–Crippen LogP) is 11.5. The second kappa shape index (κ2) is 11.5. The van der Waals surface area contributed by atoms with Crippen LogP contribution < -0.4 is 0 Å². The Kier molecular flexibility index (Phi) is 6.74. The third-order valence-electron chi connectivity index (χ3n) is 11.2. The van der Waals surface area contributed by atoms with Crippen molar-refractivity contribution in [2.24, 2.45) is 0 Å². The van der Waals surface area contributed by atoms with Gasteiger partial charge in [0.2, 0.25) is 0 Å². The molecule has 0 aliphatic heterocycles. The molecule has 1 spiro atoms. The van der Waals surface area contributed by atoms with Crippen LogP contribution in [0.15, 0.2) is 176 Å². The lowest BCUT2D eigenvalue weighted by Gasteiger charge is -2.46. The van der Waals surface area contributed by atoms with Gasteiger partial charge in [-0.25, -0.2) is 15.0 Å². The van der Waals surface area contributed by atoms with Crippen molar-refractivity contribution >= 4 is 0 Å². The molecule has 0 saturated carbocycles. The van der Waals surface area contributed by atoms with E-state index >= 15 is 0 Å². The summed E-state index contributed by atoms with van der Waals surface area (Å²) in [7, 11) is 0. The number of benzene rings is 7. The van der Waals surface area contributed by atoms with E-state index in [1.807, 2.05) is 24.3 Å². The summed E-state index contributed by atoms with van der Waals surface area (Å²) in [6.45, 7) is 4.72. The summed E-state index contributed by atoms with van der Waals surface area (Å²) in [5, 5.41) is 0. The number of hydrogen-bond acceptors (Lipinski definition) is 3. The van der Waals surface area contributed by atoms with Gasteiger partial charge in [0.1, 0.15) is 0 Å². The lowest BCUT2D eigenvalue weighted by molar-refractivity contribution is 0.563. The van der Waals surface area contributed by atoms with Crippen LogP contribution in [0.3, 0.4) is 0 Å². The molecule has 52 heavy (non-hydrogen) atoms. The third kappa shape index (κ3) is 4.42. The molecule has 0 bridgehead atoms. The van der Waals surface area contributed by atoms with E-state index in [0.717, 1.165) is 27.8 Å². The van der Waals surface area contributed by atoms with Gasteiger partial charge in [0, 0.05) is 22.1 Å². The molecular weight excluding hydrogens is 631 g/mol. The first-order valence-corrected chi connectivity index (χ1v) is 18.0. The Morgan fingerprint density at radius 2 is 0.750 bits per heavy atom. The first-order chi connectivity index (χ1) is 25.5. The van der Waals surface area contributed by atoms with Gasteiger partial charge in [-0.05, 0) is 67.8 Å². The van der Waals surface area contributed by atoms with Crippen LogP contribution in [0.1, 0.15) is 47.2 Å². The smallest absolute Gasteiger partial charge is 0.164 e. The Balaban J connectivity index is 1.24. The average molecular weight is 666 g/mol. The summed E-state index contributed by atoms with van der Waals surface area (Å²) in [4.78, 5) is 15.5. The van der Waals surface area contributed by atoms with Gasteiger partial charge in [0.15, 0.2) is 17.5 Å². The molecule has 2 aliphatic rings. The minimum atomic E-state index is -0.493. The first-order valence-electron chi connectivity index (χ1n) is 18.0. The standard InChI is InChI=1S/C49H35N3/c1-48(2)41-26-13-14-27-43(41)49(39-24-11-9-22-37(39)38-23-10-12-25-40(38)49)44-31-36(28-29-42(44)48)47-51-45(33-18-7-4-8-19-33)50-46(52-47)35-21-15-20-34(30-35)32-16-5-3-6-17-32/h3-31H,1-2H3. The molecule has 2 aliphatic carbocycles. The maximum atomic E-state index is 5.25. The molecule has 10 rings (SSSR count). The molecular formula is C49H35N3. The Bertz CT molecular complexity index is 2610. The zero-order valence-corrected chi connectivity index (χ0v) is 29.1. The van der Waals surface area contributed by atoms with Crippen LogP contribution in [-0.2, 0) is 10.8 Å². The molecule has 0 unspecified atom stereocenters. The fourth-order valence-electron chi connectivity index (χ4n) is 8.82. The summed E-state index contributed by atoms with van der Waals surface area (Å²) in [6.07, 6.45) is 0. The number of rotatable bonds is 4. The number of aromatic nitrogens is 3. The van der Waals surface area contributed by atoms with Crippen molar-refractivity contribution in [2.45, 2.75) is 24.7 Å². The molecule has 1 heterocycles. The highest BCUT2D eigenvalue weighted by molar-refractivity contribution is 5.89. The van der Waals surface area contributed by atoms with Crippen LogP contribution in [0.2, 0.25) is 0 Å². The van der Waals surface area contributed by atoms with Crippen LogP contribution in [0, 0.1) is 0 Å². The lowest BCUT2D eigenvalue weighted by Crippen LogP contribution is -2.40. The quantitative estimate of drug-likeness (QED) is 0.188. The molecule has 0 amide bonds.